The molecule has 1 aromatic rings. The van der Waals surface area contributed by atoms with Gasteiger partial charge in [-0.1, -0.05) is 10.2 Å². The summed E-state index contributed by atoms with van der Waals surface area (Å²) in [5, 5.41) is 15.4. The second-order valence-electron chi connectivity index (χ2n) is 3.29. The average molecular weight is 323 g/mol. The van der Waals surface area contributed by atoms with E-state index in [0.717, 1.165) is 4.72 Å². The minimum Gasteiger partial charge on any atom is -0.507 e. The number of sulfonamides is 1. The maximum absolute atomic E-state index is 12.2. The second kappa shape index (κ2) is 5.66. The number of phenols is 1. The fourth-order valence-electron chi connectivity index (χ4n) is 1.12. The van der Waals surface area contributed by atoms with Gasteiger partial charge in [-0.15, -0.1) is 0 Å². The molecule has 112 valence electrons. The van der Waals surface area contributed by atoms with Crippen LogP contribution < -0.4 is 4.72 Å². The predicted molar refractivity (Wildman–Crippen MR) is 64.3 cm³/mol. The highest BCUT2D eigenvalue weighted by atomic mass is 32.2. The molecule has 1 rings (SSSR count). The molecule has 0 fully saturated rings. The highest BCUT2D eigenvalue weighted by Gasteiger charge is 2.46. The Kier molecular flexibility index (Phi) is 4.38. The highest BCUT2D eigenvalue weighted by Crippen LogP contribution is 2.40. The van der Waals surface area contributed by atoms with Crippen LogP contribution in [0.3, 0.4) is 0 Å². The van der Waals surface area contributed by atoms with Crippen LogP contribution >= 0.6 is 0 Å². The molecule has 0 spiro atoms. The van der Waals surface area contributed by atoms with Crippen molar-refractivity contribution in [3.63, 3.8) is 0 Å². The summed E-state index contributed by atoms with van der Waals surface area (Å²) in [4.78, 5) is 4.57. The molecule has 21 heavy (non-hydrogen) atoms. The van der Waals surface area contributed by atoms with E-state index in [1.165, 1.54) is 0 Å². The maximum Gasteiger partial charge on any atom is 0.516 e. The molecule has 0 aliphatic heterocycles. The lowest BCUT2D eigenvalue weighted by Crippen LogP contribution is -2.29. The summed E-state index contributed by atoms with van der Waals surface area (Å²) in [6.07, 6.45) is 0. The van der Waals surface area contributed by atoms with Gasteiger partial charge in [0.2, 0.25) is 0 Å². The Labute approximate surface area is 114 Å². The van der Waals surface area contributed by atoms with Gasteiger partial charge in [-0.2, -0.15) is 21.6 Å². The van der Waals surface area contributed by atoms with Gasteiger partial charge >= 0.3 is 15.5 Å². The molecule has 2 N–H and O–H groups in total. The molecule has 0 aliphatic rings. The minimum atomic E-state index is -5.73. The van der Waals surface area contributed by atoms with E-state index < -0.39 is 38.3 Å². The van der Waals surface area contributed by atoms with Gasteiger partial charge in [0.05, 0.1) is 11.4 Å². The molecule has 14 heteroatoms. The fraction of sp³-hybridized carbons (Fsp3) is 0.143. The van der Waals surface area contributed by atoms with Crippen molar-refractivity contribution >= 4 is 27.1 Å². The number of aromatic hydroxyl groups is 1. The fourth-order valence-corrected chi connectivity index (χ4v) is 1.67. The lowest BCUT2D eigenvalue weighted by molar-refractivity contribution is -0.0429. The third kappa shape index (κ3) is 3.60. The van der Waals surface area contributed by atoms with Gasteiger partial charge in [-0.25, -0.2) is 0 Å². The smallest absolute Gasteiger partial charge is 0.507 e. The summed E-state index contributed by atoms with van der Waals surface area (Å²) in [6, 6.07) is 1.27. The van der Waals surface area contributed by atoms with Crippen molar-refractivity contribution in [3.05, 3.63) is 33.0 Å². The molecule has 0 radical (unpaired) electrons. The third-order valence-electron chi connectivity index (χ3n) is 1.93. The number of phenolic OH excluding ortho intramolecular Hbond substituents is 1. The van der Waals surface area contributed by atoms with Gasteiger partial charge in [-0.3, -0.25) is 4.72 Å². The molecule has 10 nitrogen and oxygen atoms in total. The van der Waals surface area contributed by atoms with Crippen LogP contribution in [-0.4, -0.2) is 19.0 Å². The first-order valence-corrected chi connectivity index (χ1v) is 6.17. The summed E-state index contributed by atoms with van der Waals surface area (Å²) in [5.74, 6) is -0.819. The monoisotopic (exact) mass is 323 g/mol. The lowest BCUT2D eigenvalue weighted by Gasteiger charge is -2.12. The molecular weight excluding hydrogens is 319 g/mol. The topological polar surface area (TPSA) is 164 Å². The number of rotatable bonds is 4. The zero-order valence-electron chi connectivity index (χ0n) is 9.64. The molecule has 0 aromatic heterocycles. The van der Waals surface area contributed by atoms with Crippen molar-refractivity contribution in [1.29, 1.82) is 0 Å². The van der Waals surface area contributed by atoms with Crippen LogP contribution in [0.2, 0.25) is 0 Å². The van der Waals surface area contributed by atoms with Crippen molar-refractivity contribution in [2.45, 2.75) is 5.51 Å². The SMILES string of the molecule is [N-]=[N+]=Nc1cc(NS(=O)(=O)C(F)(F)F)cc(N=[N+]=[N-])c1O. The molecule has 0 saturated carbocycles. The number of nitrogens with one attached hydrogen (secondary N) is 1. The molecule has 0 bridgehead atoms. The van der Waals surface area contributed by atoms with E-state index in [1.54, 1.807) is 0 Å². The van der Waals surface area contributed by atoms with E-state index in [9.17, 15) is 26.7 Å². The quantitative estimate of drug-likeness (QED) is 0.375. The molecular formula is C7H4F3N7O3S. The van der Waals surface area contributed by atoms with Gasteiger partial charge in [0.25, 0.3) is 0 Å². The van der Waals surface area contributed by atoms with Crippen molar-refractivity contribution in [3.8, 4) is 5.75 Å². The van der Waals surface area contributed by atoms with E-state index in [1.807, 2.05) is 0 Å². The van der Waals surface area contributed by atoms with Crippen LogP contribution in [0.15, 0.2) is 22.4 Å². The number of hydrogen-bond acceptors (Lipinski definition) is 5. The Hall–Kier alpha value is -2.82. The Morgan fingerprint density at radius 2 is 1.57 bits per heavy atom. The van der Waals surface area contributed by atoms with Crippen molar-refractivity contribution in [1.82, 2.24) is 0 Å². The molecule has 1 aromatic carbocycles. The number of azide groups is 2. The van der Waals surface area contributed by atoms with Crippen LogP contribution in [0.25, 0.3) is 20.9 Å². The predicted octanol–water partition coefficient (Wildman–Crippen LogP) is 3.54. The molecule has 0 unspecified atom stereocenters. The zero-order valence-corrected chi connectivity index (χ0v) is 10.5. The summed E-state index contributed by atoms with van der Waals surface area (Å²) >= 11 is 0. The van der Waals surface area contributed by atoms with Gasteiger partial charge in [0, 0.05) is 15.5 Å². The van der Waals surface area contributed by atoms with Crippen LogP contribution in [0, 0.1) is 0 Å². The zero-order chi connectivity index (χ0) is 16.3. The number of benzene rings is 1. The van der Waals surface area contributed by atoms with E-state index in [4.69, 9.17) is 11.1 Å². The summed E-state index contributed by atoms with van der Waals surface area (Å²) in [7, 11) is -5.73. The van der Waals surface area contributed by atoms with Crippen molar-refractivity contribution < 1.29 is 26.7 Å². The molecule has 0 atom stereocenters. The molecule has 0 heterocycles. The third-order valence-corrected chi connectivity index (χ3v) is 3.05. The van der Waals surface area contributed by atoms with E-state index in [-0.39, 0.29) is 0 Å². The van der Waals surface area contributed by atoms with Gasteiger partial charge in [0.15, 0.2) is 0 Å². The maximum atomic E-state index is 12.2. The van der Waals surface area contributed by atoms with Crippen molar-refractivity contribution in [2.75, 3.05) is 4.72 Å². The van der Waals surface area contributed by atoms with Crippen LogP contribution in [0.1, 0.15) is 0 Å². The Bertz CT molecular complexity index is 723. The summed E-state index contributed by atoms with van der Waals surface area (Å²) in [6.45, 7) is 0. The van der Waals surface area contributed by atoms with Crippen LogP contribution in [0.4, 0.5) is 30.2 Å². The standard InChI is InChI=1S/C7H4F3N7O3S/c8-7(9,10)21(19,20)15-3-1-4(13-16-11)6(18)5(2-3)14-17-12/h1-2,15,18H. The van der Waals surface area contributed by atoms with Gasteiger partial charge in [-0.05, 0) is 23.2 Å². The molecule has 0 aliphatic carbocycles. The van der Waals surface area contributed by atoms with Gasteiger partial charge in [0.1, 0.15) is 5.75 Å². The number of nitrogens with zero attached hydrogens (tertiary/aromatic N) is 6. The molecule has 0 saturated heterocycles. The number of halogens is 3. The van der Waals surface area contributed by atoms with Crippen molar-refractivity contribution in [2.24, 2.45) is 10.2 Å². The van der Waals surface area contributed by atoms with Crippen LogP contribution in [0.5, 0.6) is 5.75 Å². The van der Waals surface area contributed by atoms with E-state index in [2.05, 4.69) is 20.1 Å². The molecule has 0 amide bonds. The number of anilines is 1. The normalized spacial score (nSPS) is 11.2. The number of hydrogen-bond donors (Lipinski definition) is 2. The van der Waals surface area contributed by atoms with Gasteiger partial charge < -0.3 is 5.11 Å². The average Bonchev–Trinajstić information content (AvgIpc) is 2.33. The first kappa shape index (κ1) is 16.2. The first-order chi connectivity index (χ1) is 9.62. The highest BCUT2D eigenvalue weighted by molar-refractivity contribution is 7.93. The number of alkyl halides is 3. The Morgan fingerprint density at radius 3 is 1.90 bits per heavy atom. The Balaban J connectivity index is 3.45. The summed E-state index contributed by atoms with van der Waals surface area (Å²) in [5.41, 5.74) is 8.95. The summed E-state index contributed by atoms with van der Waals surface area (Å²) < 4.78 is 59.7. The largest absolute Gasteiger partial charge is 0.516 e. The lowest BCUT2D eigenvalue weighted by atomic mass is 10.2. The first-order valence-electron chi connectivity index (χ1n) is 4.68. The van der Waals surface area contributed by atoms with E-state index >= 15 is 0 Å². The van der Waals surface area contributed by atoms with E-state index in [0.29, 0.717) is 12.1 Å². The minimum absolute atomic E-state index is 0.623. The second-order valence-corrected chi connectivity index (χ2v) is 4.97. The van der Waals surface area contributed by atoms with Crippen LogP contribution in [-0.2, 0) is 10.0 Å². The Morgan fingerprint density at radius 1 is 1.14 bits per heavy atom.